The van der Waals surface area contributed by atoms with Crippen molar-refractivity contribution in [2.24, 2.45) is 0 Å². The van der Waals surface area contributed by atoms with Crippen molar-refractivity contribution in [1.82, 2.24) is 9.88 Å². The molecule has 20 heavy (non-hydrogen) atoms. The molecular formula is C14H12N2OS3. The summed E-state index contributed by atoms with van der Waals surface area (Å²) >= 11 is 4.79. The molecule has 0 atom stereocenters. The molecule has 3 aromatic rings. The maximum Gasteiger partial charge on any atom is 0.273 e. The maximum atomic E-state index is 12.5. The summed E-state index contributed by atoms with van der Waals surface area (Å²) in [5, 5.41) is 5.87. The van der Waals surface area contributed by atoms with Gasteiger partial charge in [-0.15, -0.1) is 34.0 Å². The first-order valence-corrected chi connectivity index (χ1v) is 8.75. The molecule has 0 N–H and O–H groups in total. The topological polar surface area (TPSA) is 33.2 Å². The third-order valence-electron chi connectivity index (χ3n) is 2.79. The Balaban J connectivity index is 1.81. The number of carbonyl (C=O) groups excluding carboxylic acids is 1. The highest BCUT2D eigenvalue weighted by atomic mass is 32.1. The molecule has 0 saturated heterocycles. The quantitative estimate of drug-likeness (QED) is 0.709. The average molecular weight is 320 g/mol. The highest BCUT2D eigenvalue weighted by Crippen LogP contribution is 2.19. The monoisotopic (exact) mass is 320 g/mol. The molecule has 0 aliphatic carbocycles. The van der Waals surface area contributed by atoms with Crippen molar-refractivity contribution in [3.8, 4) is 0 Å². The molecule has 0 unspecified atom stereocenters. The van der Waals surface area contributed by atoms with E-state index in [-0.39, 0.29) is 5.91 Å². The van der Waals surface area contributed by atoms with Gasteiger partial charge in [-0.2, -0.15) is 0 Å². The molecule has 0 bridgehead atoms. The Morgan fingerprint density at radius 1 is 1.10 bits per heavy atom. The predicted molar refractivity (Wildman–Crippen MR) is 84.3 cm³/mol. The molecule has 1 amide bonds. The summed E-state index contributed by atoms with van der Waals surface area (Å²) in [7, 11) is 0. The lowest BCUT2D eigenvalue weighted by molar-refractivity contribution is 0.0728. The SMILES string of the molecule is O=C(c1cscn1)N(Cc1cccs1)Cc1cccs1. The summed E-state index contributed by atoms with van der Waals surface area (Å²) in [6.07, 6.45) is 0. The van der Waals surface area contributed by atoms with E-state index in [1.54, 1.807) is 33.6 Å². The van der Waals surface area contributed by atoms with Gasteiger partial charge in [0, 0.05) is 15.1 Å². The molecule has 0 saturated carbocycles. The smallest absolute Gasteiger partial charge is 0.273 e. The Hall–Kier alpha value is -1.50. The fourth-order valence-corrected chi connectivity index (χ4v) is 3.83. The van der Waals surface area contributed by atoms with Gasteiger partial charge < -0.3 is 4.90 Å². The van der Waals surface area contributed by atoms with Crippen LogP contribution >= 0.6 is 34.0 Å². The minimum Gasteiger partial charge on any atom is -0.327 e. The van der Waals surface area contributed by atoms with Crippen LogP contribution in [0.4, 0.5) is 0 Å². The van der Waals surface area contributed by atoms with Gasteiger partial charge in [-0.1, -0.05) is 12.1 Å². The highest BCUT2D eigenvalue weighted by molar-refractivity contribution is 7.10. The Morgan fingerprint density at radius 3 is 2.20 bits per heavy atom. The van der Waals surface area contributed by atoms with Crippen LogP contribution in [0.1, 0.15) is 20.2 Å². The highest BCUT2D eigenvalue weighted by Gasteiger charge is 2.19. The van der Waals surface area contributed by atoms with Gasteiger partial charge >= 0.3 is 0 Å². The number of thiophene rings is 2. The second-order valence-electron chi connectivity index (χ2n) is 4.19. The lowest BCUT2D eigenvalue weighted by atomic mass is 10.3. The standard InChI is InChI=1S/C14H12N2OS3/c17-14(13-9-18-10-15-13)16(7-11-3-1-5-19-11)8-12-4-2-6-20-12/h1-6,9-10H,7-8H2. The van der Waals surface area contributed by atoms with E-state index in [9.17, 15) is 4.79 Å². The van der Waals surface area contributed by atoms with E-state index in [4.69, 9.17) is 0 Å². The van der Waals surface area contributed by atoms with E-state index >= 15 is 0 Å². The van der Waals surface area contributed by atoms with Crippen molar-refractivity contribution in [1.29, 1.82) is 0 Å². The zero-order chi connectivity index (χ0) is 13.8. The van der Waals surface area contributed by atoms with Crippen LogP contribution in [0.2, 0.25) is 0 Å². The second-order valence-corrected chi connectivity index (χ2v) is 6.98. The first-order chi connectivity index (χ1) is 9.83. The van der Waals surface area contributed by atoms with E-state index in [1.807, 2.05) is 27.8 Å². The molecule has 6 heteroatoms. The molecule has 0 aliphatic rings. The minimum atomic E-state index is -0.00644. The number of thiazole rings is 1. The van der Waals surface area contributed by atoms with Gasteiger partial charge in [0.05, 0.1) is 18.6 Å². The molecule has 0 radical (unpaired) electrons. The fourth-order valence-electron chi connectivity index (χ4n) is 1.86. The summed E-state index contributed by atoms with van der Waals surface area (Å²) in [5.74, 6) is -0.00644. The van der Waals surface area contributed by atoms with Crippen molar-refractivity contribution in [3.05, 3.63) is 61.4 Å². The predicted octanol–water partition coefficient (Wildman–Crippen LogP) is 4.11. The number of hydrogen-bond acceptors (Lipinski definition) is 5. The van der Waals surface area contributed by atoms with Crippen LogP contribution in [0, 0.1) is 0 Å². The molecule has 0 spiro atoms. The first-order valence-electron chi connectivity index (χ1n) is 6.05. The first kappa shape index (κ1) is 13.5. The van der Waals surface area contributed by atoms with Crippen molar-refractivity contribution in [2.75, 3.05) is 0 Å². The number of rotatable bonds is 5. The third-order valence-corrected chi connectivity index (χ3v) is 5.10. The Morgan fingerprint density at radius 2 is 1.75 bits per heavy atom. The Labute approximate surface area is 129 Å². The Bertz CT molecular complexity index is 608. The van der Waals surface area contributed by atoms with Gasteiger partial charge in [0.15, 0.2) is 0 Å². The molecule has 3 heterocycles. The number of hydrogen-bond donors (Lipinski definition) is 0. The fraction of sp³-hybridized carbons (Fsp3) is 0.143. The van der Waals surface area contributed by atoms with E-state index in [0.717, 1.165) is 0 Å². The maximum absolute atomic E-state index is 12.5. The summed E-state index contributed by atoms with van der Waals surface area (Å²) in [5.41, 5.74) is 2.23. The summed E-state index contributed by atoms with van der Waals surface area (Å²) < 4.78 is 0. The lowest BCUT2D eigenvalue weighted by Gasteiger charge is -2.20. The minimum absolute atomic E-state index is 0.00644. The zero-order valence-electron chi connectivity index (χ0n) is 10.6. The molecule has 3 rings (SSSR count). The van der Waals surface area contributed by atoms with Crippen LogP contribution < -0.4 is 0 Å². The normalized spacial score (nSPS) is 10.6. The molecule has 0 aliphatic heterocycles. The van der Waals surface area contributed by atoms with Crippen LogP contribution in [-0.4, -0.2) is 15.8 Å². The van der Waals surface area contributed by atoms with Crippen molar-refractivity contribution in [2.45, 2.75) is 13.1 Å². The van der Waals surface area contributed by atoms with Crippen molar-refractivity contribution in [3.63, 3.8) is 0 Å². The van der Waals surface area contributed by atoms with Gasteiger partial charge in [-0.05, 0) is 22.9 Å². The number of aromatic nitrogens is 1. The number of amides is 1. The van der Waals surface area contributed by atoms with E-state index < -0.39 is 0 Å². The molecular weight excluding hydrogens is 308 g/mol. The van der Waals surface area contributed by atoms with Crippen LogP contribution in [0.3, 0.4) is 0 Å². The van der Waals surface area contributed by atoms with Crippen LogP contribution in [-0.2, 0) is 13.1 Å². The van der Waals surface area contributed by atoms with Gasteiger partial charge in [0.25, 0.3) is 5.91 Å². The van der Waals surface area contributed by atoms with Crippen molar-refractivity contribution >= 4 is 39.9 Å². The molecule has 0 aromatic carbocycles. The summed E-state index contributed by atoms with van der Waals surface area (Å²) in [6, 6.07) is 8.13. The van der Waals surface area contributed by atoms with E-state index in [2.05, 4.69) is 17.1 Å². The number of carbonyl (C=O) groups is 1. The molecule has 3 nitrogen and oxygen atoms in total. The van der Waals surface area contributed by atoms with Crippen molar-refractivity contribution < 1.29 is 4.79 Å². The summed E-state index contributed by atoms with van der Waals surface area (Å²) in [4.78, 5) is 20.9. The number of nitrogens with zero attached hydrogens (tertiary/aromatic N) is 2. The van der Waals surface area contributed by atoms with E-state index in [0.29, 0.717) is 18.8 Å². The van der Waals surface area contributed by atoms with Gasteiger partial charge in [0.1, 0.15) is 5.69 Å². The van der Waals surface area contributed by atoms with Crippen LogP contribution in [0.15, 0.2) is 45.9 Å². The molecule has 3 aromatic heterocycles. The summed E-state index contributed by atoms with van der Waals surface area (Å²) in [6.45, 7) is 1.26. The van der Waals surface area contributed by atoms with Crippen LogP contribution in [0.25, 0.3) is 0 Å². The molecule has 102 valence electrons. The Kier molecular flexibility index (Phi) is 4.25. The average Bonchev–Trinajstić information content (AvgIpc) is 3.20. The third kappa shape index (κ3) is 3.15. The lowest BCUT2D eigenvalue weighted by Crippen LogP contribution is -2.29. The zero-order valence-corrected chi connectivity index (χ0v) is 13.0. The molecule has 0 fully saturated rings. The van der Waals surface area contributed by atoms with Crippen LogP contribution in [0.5, 0.6) is 0 Å². The van der Waals surface area contributed by atoms with Gasteiger partial charge in [-0.25, -0.2) is 4.98 Å². The van der Waals surface area contributed by atoms with E-state index in [1.165, 1.54) is 21.1 Å². The van der Waals surface area contributed by atoms with Gasteiger partial charge in [0.2, 0.25) is 0 Å². The second kappa shape index (κ2) is 6.30. The van der Waals surface area contributed by atoms with Gasteiger partial charge in [-0.3, -0.25) is 4.79 Å². The largest absolute Gasteiger partial charge is 0.327 e.